The van der Waals surface area contributed by atoms with Crippen molar-refractivity contribution >= 4 is 19.7 Å². The Kier molecular flexibility index (Phi) is 7.69. The molecule has 3 aromatic carbocycles. The fraction of sp³-hybridized carbons (Fsp3) is 0.217. The lowest BCUT2D eigenvalue weighted by Crippen LogP contribution is -2.07. The molecule has 25 heavy (non-hydrogen) atoms. The molecule has 131 valence electrons. The van der Waals surface area contributed by atoms with Crippen molar-refractivity contribution in [1.29, 1.82) is 0 Å². The summed E-state index contributed by atoms with van der Waals surface area (Å²) in [4.78, 5) is 0. The Labute approximate surface area is 159 Å². The van der Waals surface area contributed by atoms with Gasteiger partial charge in [0.2, 0.25) is 0 Å². The van der Waals surface area contributed by atoms with Crippen LogP contribution in [-0.2, 0) is 18.5 Å². The summed E-state index contributed by atoms with van der Waals surface area (Å²) in [7, 11) is -1.14. The van der Waals surface area contributed by atoms with Crippen LogP contribution in [0.4, 0.5) is 0 Å². The third-order valence-corrected chi connectivity index (χ3v) is 9.20. The van der Waals surface area contributed by atoms with Gasteiger partial charge in [0.15, 0.2) is 0 Å². The fourth-order valence-corrected chi connectivity index (χ4v) is 7.38. The average molecular weight is 370 g/mol. The zero-order valence-corrected chi connectivity index (χ0v) is 16.6. The Morgan fingerprint density at radius 1 is 0.520 bits per heavy atom. The molecule has 3 rings (SSSR count). The lowest BCUT2D eigenvalue weighted by molar-refractivity contribution is 1.18. The number of hydrogen-bond donors (Lipinski definition) is 0. The van der Waals surface area contributed by atoms with E-state index in [1.54, 1.807) is 0 Å². The molecule has 0 bridgehead atoms. The van der Waals surface area contributed by atoms with Crippen molar-refractivity contribution in [2.45, 2.75) is 25.4 Å². The second kappa shape index (κ2) is 9.76. The molecule has 2 heteroatoms. The molecule has 0 atom stereocenters. The lowest BCUT2D eigenvalue weighted by atomic mass is 10.2. The first-order valence-electron chi connectivity index (χ1n) is 8.76. The Morgan fingerprint density at radius 2 is 0.800 bits per heavy atom. The highest BCUT2D eigenvalue weighted by molar-refractivity contribution is 7.73. The van der Waals surface area contributed by atoms with Crippen LogP contribution >= 0.6 is 19.7 Å². The van der Waals surface area contributed by atoms with Gasteiger partial charge in [-0.1, -0.05) is 97.9 Å². The summed E-state index contributed by atoms with van der Waals surface area (Å²) < 4.78 is 0. The number of hydrogen-bond acceptors (Lipinski definition) is 0. The van der Waals surface area contributed by atoms with Gasteiger partial charge in [-0.3, -0.25) is 0 Å². The van der Waals surface area contributed by atoms with Gasteiger partial charge in [-0.15, -0.1) is 19.7 Å². The van der Waals surface area contributed by atoms with Gasteiger partial charge in [0.1, 0.15) is 0 Å². The maximum Gasteiger partial charge on any atom is -0.0101 e. The van der Waals surface area contributed by atoms with Gasteiger partial charge in [0.25, 0.3) is 0 Å². The molecule has 0 unspecified atom stereocenters. The van der Waals surface area contributed by atoms with Gasteiger partial charge in [-0.25, -0.2) is 0 Å². The van der Waals surface area contributed by atoms with Gasteiger partial charge >= 0.3 is 0 Å². The van der Waals surface area contributed by atoms with Gasteiger partial charge in [0.05, 0.1) is 0 Å². The molecule has 0 N–H and O–H groups in total. The zero-order chi connectivity index (χ0) is 16.7. The van der Waals surface area contributed by atoms with E-state index in [1.165, 1.54) is 41.3 Å². The highest BCUT2D eigenvalue weighted by Gasteiger charge is 2.26. The first kappa shape index (κ1) is 19.7. The highest BCUT2D eigenvalue weighted by Crippen LogP contribution is 2.66. The minimum absolute atomic E-state index is 0. The smallest absolute Gasteiger partial charge is 0.0101 e. The zero-order valence-electron chi connectivity index (χ0n) is 14.8. The molecule has 1 radical (unpaired) electrons. The molecule has 0 spiro atoms. The molecule has 0 saturated heterocycles. The van der Waals surface area contributed by atoms with Crippen LogP contribution in [0.2, 0.25) is 0 Å². The third kappa shape index (κ3) is 5.70. The summed E-state index contributed by atoms with van der Waals surface area (Å²) in [5.41, 5.74) is 4.46. The molecule has 0 amide bonds. The molecule has 0 saturated carbocycles. The average Bonchev–Trinajstić information content (AvgIpc) is 2.64. The van der Waals surface area contributed by atoms with E-state index in [1.807, 2.05) is 0 Å². The monoisotopic (exact) mass is 369 g/mol. The van der Waals surface area contributed by atoms with Crippen molar-refractivity contribution in [2.24, 2.45) is 0 Å². The van der Waals surface area contributed by atoms with E-state index in [9.17, 15) is 0 Å². The predicted octanol–water partition coefficient (Wildman–Crippen LogP) is 7.05. The highest BCUT2D eigenvalue weighted by atomic mass is 35.5. The van der Waals surface area contributed by atoms with Crippen LogP contribution in [-0.4, -0.2) is 6.16 Å². The molecule has 0 aromatic heterocycles. The van der Waals surface area contributed by atoms with E-state index in [4.69, 9.17) is 0 Å². The quantitative estimate of drug-likeness (QED) is 0.391. The summed E-state index contributed by atoms with van der Waals surface area (Å²) in [5, 5.41) is 0. The minimum atomic E-state index is -1.14. The second-order valence-corrected chi connectivity index (χ2v) is 10.9. The summed E-state index contributed by atoms with van der Waals surface area (Å²) in [6.07, 6.45) is 4.97. The standard InChI is InChI=1S/C23H26P.ClH/c1-2-24(18-21-12-6-3-7-13-21,19-22-14-8-4-9-15-22)20-23-16-10-5-11-17-23;/h3-17H,2,18-20H2,1H3;1H. The van der Waals surface area contributed by atoms with Crippen LogP contribution in [0.25, 0.3) is 0 Å². The van der Waals surface area contributed by atoms with Crippen LogP contribution in [0.1, 0.15) is 23.6 Å². The minimum Gasteiger partial charge on any atom is -0.147 e. The molecular weight excluding hydrogens is 343 g/mol. The molecule has 0 nitrogen and oxygen atoms in total. The van der Waals surface area contributed by atoms with Crippen molar-refractivity contribution in [1.82, 2.24) is 0 Å². The molecule has 0 aliphatic rings. The normalized spacial score (nSPS) is 10.9. The topological polar surface area (TPSA) is 0 Å². The molecule has 0 fully saturated rings. The summed E-state index contributed by atoms with van der Waals surface area (Å²) in [5.74, 6) is 0. The van der Waals surface area contributed by atoms with Crippen molar-refractivity contribution < 1.29 is 0 Å². The second-order valence-electron chi connectivity index (χ2n) is 6.59. The van der Waals surface area contributed by atoms with Gasteiger partial charge in [-0.2, -0.15) is 0 Å². The fourth-order valence-electron chi connectivity index (χ4n) is 3.42. The largest absolute Gasteiger partial charge is 0.147 e. The molecule has 3 aromatic rings. The van der Waals surface area contributed by atoms with Crippen LogP contribution in [0.3, 0.4) is 0 Å². The Morgan fingerprint density at radius 3 is 1.04 bits per heavy atom. The SMILES string of the molecule is CC[P](Cc1ccccc1)(Cc1ccccc1)Cc1ccccc1.Cl. The third-order valence-electron chi connectivity index (χ3n) is 4.75. The van der Waals surface area contributed by atoms with E-state index in [2.05, 4.69) is 97.9 Å². The van der Waals surface area contributed by atoms with Crippen molar-refractivity contribution in [3.8, 4) is 0 Å². The van der Waals surface area contributed by atoms with Crippen molar-refractivity contribution in [3.63, 3.8) is 0 Å². The Balaban J connectivity index is 0.00000225. The summed E-state index contributed by atoms with van der Waals surface area (Å²) in [6, 6.07) is 33.1. The first-order valence-corrected chi connectivity index (χ1v) is 11.3. The molecule has 0 heterocycles. The van der Waals surface area contributed by atoms with E-state index in [0.717, 1.165) is 0 Å². The lowest BCUT2D eigenvalue weighted by Gasteiger charge is -2.36. The van der Waals surface area contributed by atoms with E-state index < -0.39 is 7.26 Å². The Hall–Kier alpha value is -1.62. The maximum absolute atomic E-state index is 2.39. The summed E-state index contributed by atoms with van der Waals surface area (Å²) >= 11 is 0. The van der Waals surface area contributed by atoms with Crippen molar-refractivity contribution in [2.75, 3.05) is 6.16 Å². The number of rotatable bonds is 7. The molecular formula is C23H27ClP. The first-order chi connectivity index (χ1) is 11.8. The van der Waals surface area contributed by atoms with E-state index >= 15 is 0 Å². The van der Waals surface area contributed by atoms with Crippen molar-refractivity contribution in [3.05, 3.63) is 108 Å². The van der Waals surface area contributed by atoms with E-state index in [-0.39, 0.29) is 12.4 Å². The van der Waals surface area contributed by atoms with Crippen LogP contribution in [0.15, 0.2) is 91.0 Å². The molecule has 0 aliphatic heterocycles. The Bertz CT molecular complexity index is 624. The maximum atomic E-state index is 2.39. The number of benzene rings is 3. The van der Waals surface area contributed by atoms with E-state index in [0.29, 0.717) is 0 Å². The number of halogens is 1. The summed E-state index contributed by atoms with van der Waals surface area (Å²) in [6.45, 7) is 2.39. The van der Waals surface area contributed by atoms with Gasteiger partial charge in [-0.05, 0) is 41.3 Å². The molecule has 0 aliphatic carbocycles. The van der Waals surface area contributed by atoms with Crippen LogP contribution in [0.5, 0.6) is 0 Å². The van der Waals surface area contributed by atoms with Gasteiger partial charge < -0.3 is 0 Å². The van der Waals surface area contributed by atoms with Crippen LogP contribution in [0, 0.1) is 0 Å². The van der Waals surface area contributed by atoms with Gasteiger partial charge in [0, 0.05) is 0 Å². The predicted molar refractivity (Wildman–Crippen MR) is 115 cm³/mol. The van der Waals surface area contributed by atoms with Crippen LogP contribution < -0.4 is 0 Å².